The molecule has 0 aromatic heterocycles. The van der Waals surface area contributed by atoms with Crippen molar-refractivity contribution in [2.24, 2.45) is 5.73 Å². The van der Waals surface area contributed by atoms with E-state index in [2.05, 4.69) is 5.32 Å². The normalized spacial score (nSPS) is 10.5. The van der Waals surface area contributed by atoms with Crippen LogP contribution in [0.2, 0.25) is 0 Å². The van der Waals surface area contributed by atoms with Crippen LogP contribution < -0.4 is 15.8 Å². The Morgan fingerprint density at radius 3 is 2.88 bits per heavy atom. The quantitative estimate of drug-likeness (QED) is 0.445. The van der Waals surface area contributed by atoms with E-state index in [9.17, 15) is 10.1 Å². The van der Waals surface area contributed by atoms with E-state index in [4.69, 9.17) is 10.5 Å². The molecule has 0 saturated carbocycles. The molecule has 0 radical (unpaired) electrons. The first-order valence-corrected chi connectivity index (χ1v) is 5.10. The highest BCUT2D eigenvalue weighted by atomic mass is 16.6. The molecule has 0 aliphatic rings. The van der Waals surface area contributed by atoms with E-state index in [1.807, 2.05) is 6.08 Å². The number of nitrogens with zero attached hydrogens (tertiary/aromatic N) is 1. The van der Waals surface area contributed by atoms with Crippen LogP contribution in [0, 0.1) is 10.1 Å². The summed E-state index contributed by atoms with van der Waals surface area (Å²) in [6.07, 6.45) is 3.59. The number of nitro groups is 1. The van der Waals surface area contributed by atoms with Crippen LogP contribution >= 0.6 is 0 Å². The molecule has 0 spiro atoms. The number of benzene rings is 1. The molecule has 0 aliphatic carbocycles. The van der Waals surface area contributed by atoms with Crippen molar-refractivity contribution in [1.29, 1.82) is 0 Å². The highest BCUT2D eigenvalue weighted by Gasteiger charge is 2.14. The molecule has 0 unspecified atom stereocenters. The minimum Gasteiger partial charge on any atom is -0.496 e. The molecule has 1 rings (SSSR count). The molecule has 0 saturated heterocycles. The molecular formula is C11H15N3O3. The highest BCUT2D eigenvalue weighted by molar-refractivity contribution is 5.64. The van der Waals surface area contributed by atoms with E-state index in [0.29, 0.717) is 24.5 Å². The maximum atomic E-state index is 10.9. The van der Waals surface area contributed by atoms with Crippen LogP contribution in [-0.2, 0) is 0 Å². The molecule has 0 heterocycles. The van der Waals surface area contributed by atoms with Crippen LogP contribution in [0.1, 0.15) is 0 Å². The zero-order valence-corrected chi connectivity index (χ0v) is 9.55. The van der Waals surface area contributed by atoms with E-state index in [-0.39, 0.29) is 5.69 Å². The van der Waals surface area contributed by atoms with Crippen LogP contribution in [0.5, 0.6) is 5.75 Å². The molecule has 92 valence electrons. The fraction of sp³-hybridized carbons (Fsp3) is 0.273. The monoisotopic (exact) mass is 237 g/mol. The molecule has 1 aromatic carbocycles. The number of rotatable bonds is 6. The lowest BCUT2D eigenvalue weighted by Gasteiger charge is -2.06. The van der Waals surface area contributed by atoms with Crippen molar-refractivity contribution in [2.45, 2.75) is 0 Å². The Hall–Kier alpha value is -2.08. The molecule has 6 heteroatoms. The van der Waals surface area contributed by atoms with E-state index < -0.39 is 4.92 Å². The second-order valence-electron chi connectivity index (χ2n) is 3.23. The number of nitro benzene ring substituents is 1. The van der Waals surface area contributed by atoms with Crippen molar-refractivity contribution in [2.75, 3.05) is 25.5 Å². The van der Waals surface area contributed by atoms with Crippen LogP contribution in [0.4, 0.5) is 11.4 Å². The van der Waals surface area contributed by atoms with Gasteiger partial charge in [-0.2, -0.15) is 0 Å². The van der Waals surface area contributed by atoms with E-state index in [0.717, 1.165) is 0 Å². The van der Waals surface area contributed by atoms with Gasteiger partial charge in [0.05, 0.1) is 18.1 Å². The SMILES string of the molecule is COc1ccc(NC/C=C/CN)c([N+](=O)[O-])c1. The first-order chi connectivity index (χ1) is 8.19. The summed E-state index contributed by atoms with van der Waals surface area (Å²) >= 11 is 0. The van der Waals surface area contributed by atoms with E-state index >= 15 is 0 Å². The smallest absolute Gasteiger partial charge is 0.296 e. The van der Waals surface area contributed by atoms with Gasteiger partial charge < -0.3 is 15.8 Å². The summed E-state index contributed by atoms with van der Waals surface area (Å²) in [7, 11) is 1.47. The molecule has 3 N–H and O–H groups in total. The number of nitrogens with one attached hydrogen (secondary N) is 1. The van der Waals surface area contributed by atoms with Gasteiger partial charge in [-0.3, -0.25) is 10.1 Å². The second-order valence-corrected chi connectivity index (χ2v) is 3.23. The zero-order valence-electron chi connectivity index (χ0n) is 9.55. The van der Waals surface area contributed by atoms with Gasteiger partial charge in [-0.15, -0.1) is 0 Å². The summed E-state index contributed by atoms with van der Waals surface area (Å²) in [5, 5.41) is 13.8. The van der Waals surface area contributed by atoms with Crippen molar-refractivity contribution in [3.8, 4) is 5.75 Å². The number of methoxy groups -OCH3 is 1. The highest BCUT2D eigenvalue weighted by Crippen LogP contribution is 2.28. The third kappa shape index (κ3) is 3.76. The predicted octanol–water partition coefficient (Wildman–Crippen LogP) is 1.53. The summed E-state index contributed by atoms with van der Waals surface area (Å²) in [5.41, 5.74) is 5.73. The van der Waals surface area contributed by atoms with Gasteiger partial charge in [0.2, 0.25) is 0 Å². The van der Waals surface area contributed by atoms with Gasteiger partial charge in [0.1, 0.15) is 11.4 Å². The summed E-state index contributed by atoms with van der Waals surface area (Å²) in [6.45, 7) is 0.941. The van der Waals surface area contributed by atoms with Crippen molar-refractivity contribution in [3.05, 3.63) is 40.5 Å². The summed E-state index contributed by atoms with van der Waals surface area (Å²) in [4.78, 5) is 10.4. The number of anilines is 1. The molecule has 0 bridgehead atoms. The van der Waals surface area contributed by atoms with Crippen LogP contribution in [-0.4, -0.2) is 25.1 Å². The van der Waals surface area contributed by atoms with E-state index in [1.54, 1.807) is 18.2 Å². The van der Waals surface area contributed by atoms with Gasteiger partial charge in [-0.05, 0) is 12.1 Å². The van der Waals surface area contributed by atoms with Gasteiger partial charge in [0.15, 0.2) is 0 Å². The zero-order chi connectivity index (χ0) is 12.7. The lowest BCUT2D eigenvalue weighted by molar-refractivity contribution is -0.384. The average molecular weight is 237 g/mol. The summed E-state index contributed by atoms with van der Waals surface area (Å²) in [5.74, 6) is 0.458. The Balaban J connectivity index is 2.83. The van der Waals surface area contributed by atoms with E-state index in [1.165, 1.54) is 13.2 Å². The van der Waals surface area contributed by atoms with Gasteiger partial charge in [0, 0.05) is 13.1 Å². The lowest BCUT2D eigenvalue weighted by atomic mass is 10.2. The molecule has 17 heavy (non-hydrogen) atoms. The van der Waals surface area contributed by atoms with Gasteiger partial charge >= 0.3 is 0 Å². The number of hydrogen-bond acceptors (Lipinski definition) is 5. The molecular weight excluding hydrogens is 222 g/mol. The number of ether oxygens (including phenoxy) is 1. The average Bonchev–Trinajstić information content (AvgIpc) is 2.34. The lowest BCUT2D eigenvalue weighted by Crippen LogP contribution is -2.03. The van der Waals surface area contributed by atoms with Crippen LogP contribution in [0.15, 0.2) is 30.4 Å². The Morgan fingerprint density at radius 2 is 2.29 bits per heavy atom. The fourth-order valence-electron chi connectivity index (χ4n) is 1.29. The largest absolute Gasteiger partial charge is 0.496 e. The minimum absolute atomic E-state index is 0.00880. The number of hydrogen-bond donors (Lipinski definition) is 2. The maximum Gasteiger partial charge on any atom is 0.296 e. The summed E-state index contributed by atoms with van der Waals surface area (Å²) < 4.78 is 4.94. The van der Waals surface area contributed by atoms with Crippen molar-refractivity contribution >= 4 is 11.4 Å². The standard InChI is InChI=1S/C11H15N3O3/c1-17-9-4-5-10(11(8-9)14(15)16)13-7-3-2-6-12/h2-5,8,13H,6-7,12H2,1H3/b3-2+. The molecule has 0 fully saturated rings. The molecule has 0 aliphatic heterocycles. The Bertz CT molecular complexity index is 418. The second kappa shape index (κ2) is 6.49. The van der Waals surface area contributed by atoms with Crippen molar-refractivity contribution < 1.29 is 9.66 Å². The van der Waals surface area contributed by atoms with Crippen LogP contribution in [0.3, 0.4) is 0 Å². The first-order valence-electron chi connectivity index (χ1n) is 5.10. The predicted molar refractivity (Wildman–Crippen MR) is 66.3 cm³/mol. The fourth-order valence-corrected chi connectivity index (χ4v) is 1.29. The van der Waals surface area contributed by atoms with Gasteiger partial charge in [-0.1, -0.05) is 12.2 Å². The Labute approximate surface area is 99.2 Å². The van der Waals surface area contributed by atoms with Gasteiger partial charge in [0.25, 0.3) is 5.69 Å². The molecule has 1 aromatic rings. The van der Waals surface area contributed by atoms with Crippen LogP contribution in [0.25, 0.3) is 0 Å². The minimum atomic E-state index is -0.447. The third-order valence-electron chi connectivity index (χ3n) is 2.11. The summed E-state index contributed by atoms with van der Waals surface area (Å²) in [6, 6.07) is 4.67. The Kier molecular flexibility index (Phi) is 4.96. The first kappa shape index (κ1) is 13.0. The van der Waals surface area contributed by atoms with Crippen molar-refractivity contribution in [1.82, 2.24) is 0 Å². The number of nitrogens with two attached hydrogens (primary N) is 1. The van der Waals surface area contributed by atoms with Crippen molar-refractivity contribution in [3.63, 3.8) is 0 Å². The topological polar surface area (TPSA) is 90.4 Å². The molecule has 6 nitrogen and oxygen atoms in total. The van der Waals surface area contributed by atoms with Gasteiger partial charge in [-0.25, -0.2) is 0 Å². The molecule has 0 amide bonds. The molecule has 0 atom stereocenters. The Morgan fingerprint density at radius 1 is 1.53 bits per heavy atom. The third-order valence-corrected chi connectivity index (χ3v) is 2.11. The maximum absolute atomic E-state index is 10.9.